The summed E-state index contributed by atoms with van der Waals surface area (Å²) in [5.41, 5.74) is 0.881. The van der Waals surface area contributed by atoms with Gasteiger partial charge in [-0.15, -0.1) is 13.2 Å². The second-order valence-corrected chi connectivity index (χ2v) is 4.26. The highest BCUT2D eigenvalue weighted by molar-refractivity contribution is 5.31. The fourth-order valence-electron chi connectivity index (χ4n) is 2.25. The molecule has 0 spiro atoms. The molecule has 1 unspecified atom stereocenters. The van der Waals surface area contributed by atoms with Crippen LogP contribution in [0.4, 0.5) is 13.2 Å². The van der Waals surface area contributed by atoms with Gasteiger partial charge >= 0.3 is 6.36 Å². The quantitative estimate of drug-likeness (QED) is 0.794. The SMILES string of the molecule is CC.CN1CCCC1c1cccc(OC(F)(F)F)c1. The molecule has 19 heavy (non-hydrogen) atoms. The third kappa shape index (κ3) is 4.74. The maximum atomic E-state index is 12.1. The number of nitrogens with zero attached hydrogens (tertiary/aromatic N) is 1. The fourth-order valence-corrected chi connectivity index (χ4v) is 2.25. The van der Waals surface area contributed by atoms with E-state index >= 15 is 0 Å². The molecule has 0 N–H and O–H groups in total. The topological polar surface area (TPSA) is 12.5 Å². The highest BCUT2D eigenvalue weighted by Crippen LogP contribution is 2.33. The van der Waals surface area contributed by atoms with Crippen LogP contribution in [-0.4, -0.2) is 24.9 Å². The average molecular weight is 275 g/mol. The highest BCUT2D eigenvalue weighted by atomic mass is 19.4. The van der Waals surface area contributed by atoms with Crippen molar-refractivity contribution in [1.82, 2.24) is 4.90 Å². The monoisotopic (exact) mass is 275 g/mol. The predicted octanol–water partition coefficient (Wildman–Crippen LogP) is 4.38. The summed E-state index contributed by atoms with van der Waals surface area (Å²) < 4.78 is 40.2. The summed E-state index contributed by atoms with van der Waals surface area (Å²) in [6, 6.07) is 6.44. The van der Waals surface area contributed by atoms with Crippen LogP contribution in [0.25, 0.3) is 0 Å². The van der Waals surface area contributed by atoms with Crippen LogP contribution in [0.1, 0.15) is 38.3 Å². The molecule has 1 aromatic carbocycles. The molecule has 1 heterocycles. The number of benzene rings is 1. The third-order valence-corrected chi connectivity index (χ3v) is 3.00. The van der Waals surface area contributed by atoms with Crippen molar-refractivity contribution < 1.29 is 17.9 Å². The van der Waals surface area contributed by atoms with Gasteiger partial charge in [0, 0.05) is 6.04 Å². The van der Waals surface area contributed by atoms with Gasteiger partial charge in [-0.3, -0.25) is 4.90 Å². The maximum Gasteiger partial charge on any atom is 0.573 e. The fraction of sp³-hybridized carbons (Fsp3) is 0.571. The number of rotatable bonds is 2. The first-order chi connectivity index (χ1) is 8.96. The van der Waals surface area contributed by atoms with E-state index in [1.807, 2.05) is 27.0 Å². The van der Waals surface area contributed by atoms with Crippen LogP contribution in [0.5, 0.6) is 5.75 Å². The molecule has 1 aliphatic heterocycles. The lowest BCUT2D eigenvalue weighted by Crippen LogP contribution is -2.19. The van der Waals surface area contributed by atoms with Crippen LogP contribution in [0.3, 0.4) is 0 Å². The molecule has 0 amide bonds. The van der Waals surface area contributed by atoms with Crippen molar-refractivity contribution in [2.24, 2.45) is 0 Å². The molecular formula is C14H20F3NO. The van der Waals surface area contributed by atoms with Gasteiger partial charge < -0.3 is 4.74 Å². The van der Waals surface area contributed by atoms with Gasteiger partial charge in [-0.2, -0.15) is 0 Å². The Hall–Kier alpha value is -1.23. The van der Waals surface area contributed by atoms with Crippen molar-refractivity contribution >= 4 is 0 Å². The van der Waals surface area contributed by atoms with Gasteiger partial charge in [0.1, 0.15) is 5.75 Å². The van der Waals surface area contributed by atoms with E-state index in [9.17, 15) is 13.2 Å². The molecule has 108 valence electrons. The van der Waals surface area contributed by atoms with E-state index in [0.29, 0.717) is 0 Å². The second kappa shape index (κ2) is 6.80. The van der Waals surface area contributed by atoms with E-state index in [-0.39, 0.29) is 11.8 Å². The Morgan fingerprint density at radius 2 is 1.95 bits per heavy atom. The first kappa shape index (κ1) is 15.8. The average Bonchev–Trinajstić information content (AvgIpc) is 2.76. The van der Waals surface area contributed by atoms with Crippen molar-refractivity contribution in [2.75, 3.05) is 13.6 Å². The van der Waals surface area contributed by atoms with Gasteiger partial charge in [-0.1, -0.05) is 26.0 Å². The summed E-state index contributed by atoms with van der Waals surface area (Å²) in [7, 11) is 1.98. The summed E-state index contributed by atoms with van der Waals surface area (Å²) in [5.74, 6) is -0.143. The van der Waals surface area contributed by atoms with Crippen LogP contribution in [0.2, 0.25) is 0 Å². The maximum absolute atomic E-state index is 12.1. The molecule has 1 atom stereocenters. The lowest BCUT2D eigenvalue weighted by molar-refractivity contribution is -0.274. The standard InChI is InChI=1S/C12H14F3NO.C2H6/c1-16-7-3-6-11(16)9-4-2-5-10(8-9)17-12(13,14)15;1-2/h2,4-5,8,11H,3,6-7H2,1H3;1-2H3. The Kier molecular flexibility index (Phi) is 5.66. The molecule has 0 aromatic heterocycles. The minimum Gasteiger partial charge on any atom is -0.406 e. The van der Waals surface area contributed by atoms with Crippen molar-refractivity contribution in [2.45, 2.75) is 39.1 Å². The Morgan fingerprint density at radius 1 is 1.26 bits per heavy atom. The Labute approximate surface area is 112 Å². The lowest BCUT2D eigenvalue weighted by Gasteiger charge is -2.20. The molecule has 1 aliphatic rings. The van der Waals surface area contributed by atoms with Crippen molar-refractivity contribution in [3.05, 3.63) is 29.8 Å². The number of alkyl halides is 3. The van der Waals surface area contributed by atoms with Crippen molar-refractivity contribution in [1.29, 1.82) is 0 Å². The largest absolute Gasteiger partial charge is 0.573 e. The second-order valence-electron chi connectivity index (χ2n) is 4.26. The van der Waals surface area contributed by atoms with Crippen LogP contribution in [0, 0.1) is 0 Å². The van der Waals surface area contributed by atoms with E-state index in [1.165, 1.54) is 12.1 Å². The van der Waals surface area contributed by atoms with Crippen LogP contribution in [0.15, 0.2) is 24.3 Å². The molecule has 1 saturated heterocycles. The molecule has 0 aliphatic carbocycles. The van der Waals surface area contributed by atoms with Gasteiger partial charge in [0.15, 0.2) is 0 Å². The number of halogens is 3. The molecule has 2 nitrogen and oxygen atoms in total. The van der Waals surface area contributed by atoms with E-state index in [1.54, 1.807) is 6.07 Å². The Bertz CT molecular complexity index is 393. The molecule has 0 bridgehead atoms. The van der Waals surface area contributed by atoms with E-state index < -0.39 is 6.36 Å². The van der Waals surface area contributed by atoms with Gasteiger partial charge in [0.2, 0.25) is 0 Å². The van der Waals surface area contributed by atoms with Gasteiger partial charge in [0.05, 0.1) is 0 Å². The van der Waals surface area contributed by atoms with Crippen molar-refractivity contribution in [3.63, 3.8) is 0 Å². The molecule has 5 heteroatoms. The first-order valence-corrected chi connectivity index (χ1v) is 6.52. The zero-order valence-corrected chi connectivity index (χ0v) is 11.5. The molecule has 0 radical (unpaired) electrons. The predicted molar refractivity (Wildman–Crippen MR) is 69.1 cm³/mol. The van der Waals surface area contributed by atoms with E-state index in [2.05, 4.69) is 9.64 Å². The van der Waals surface area contributed by atoms with Crippen LogP contribution in [-0.2, 0) is 0 Å². The van der Waals surface area contributed by atoms with Gasteiger partial charge in [-0.05, 0) is 44.1 Å². The molecule has 0 saturated carbocycles. The zero-order chi connectivity index (χ0) is 14.5. The summed E-state index contributed by atoms with van der Waals surface area (Å²) in [5, 5.41) is 0. The molecule has 1 aromatic rings. The van der Waals surface area contributed by atoms with Gasteiger partial charge in [0.25, 0.3) is 0 Å². The smallest absolute Gasteiger partial charge is 0.406 e. The summed E-state index contributed by atoms with van der Waals surface area (Å²) in [4.78, 5) is 2.15. The molecular weight excluding hydrogens is 255 g/mol. The van der Waals surface area contributed by atoms with E-state index in [0.717, 1.165) is 24.9 Å². The molecule has 1 fully saturated rings. The highest BCUT2D eigenvalue weighted by Gasteiger charge is 2.31. The number of likely N-dealkylation sites (tertiary alicyclic amines) is 1. The first-order valence-electron chi connectivity index (χ1n) is 6.52. The summed E-state index contributed by atoms with van der Waals surface area (Å²) in [6.45, 7) is 4.98. The van der Waals surface area contributed by atoms with Crippen molar-refractivity contribution in [3.8, 4) is 5.75 Å². The summed E-state index contributed by atoms with van der Waals surface area (Å²) >= 11 is 0. The normalized spacial score (nSPS) is 19.8. The third-order valence-electron chi connectivity index (χ3n) is 3.00. The lowest BCUT2D eigenvalue weighted by atomic mass is 10.0. The van der Waals surface area contributed by atoms with Crippen LogP contribution >= 0.6 is 0 Å². The van der Waals surface area contributed by atoms with E-state index in [4.69, 9.17) is 0 Å². The number of hydrogen-bond donors (Lipinski definition) is 0. The Morgan fingerprint density at radius 3 is 2.47 bits per heavy atom. The van der Waals surface area contributed by atoms with Crippen LogP contribution < -0.4 is 4.74 Å². The number of ether oxygens (including phenoxy) is 1. The molecule has 2 rings (SSSR count). The zero-order valence-electron chi connectivity index (χ0n) is 11.5. The minimum atomic E-state index is -4.62. The Balaban J connectivity index is 0.000000861. The van der Waals surface area contributed by atoms with Gasteiger partial charge in [-0.25, -0.2) is 0 Å². The summed E-state index contributed by atoms with van der Waals surface area (Å²) in [6.07, 6.45) is -2.57. The minimum absolute atomic E-state index is 0.143. The number of hydrogen-bond acceptors (Lipinski definition) is 2.